The van der Waals surface area contributed by atoms with Crippen LogP contribution in [-0.4, -0.2) is 34.6 Å². The first-order valence-electron chi connectivity index (χ1n) is 8.35. The van der Waals surface area contributed by atoms with E-state index in [1.54, 1.807) is 7.05 Å². The first kappa shape index (κ1) is 17.8. The Morgan fingerprint density at radius 3 is 2.65 bits per heavy atom. The largest absolute Gasteiger partial charge is 0.342 e. The van der Waals surface area contributed by atoms with Crippen LogP contribution in [-0.2, 0) is 6.42 Å². The van der Waals surface area contributed by atoms with E-state index >= 15 is 0 Å². The van der Waals surface area contributed by atoms with Gasteiger partial charge in [-0.15, -0.1) is 0 Å². The highest BCUT2D eigenvalue weighted by molar-refractivity contribution is 5.94. The van der Waals surface area contributed by atoms with Gasteiger partial charge < -0.3 is 4.90 Å². The third-order valence-corrected chi connectivity index (χ3v) is 4.15. The number of amides is 1. The van der Waals surface area contributed by atoms with Crippen molar-refractivity contribution in [3.05, 3.63) is 77.5 Å². The van der Waals surface area contributed by atoms with Crippen molar-refractivity contribution in [3.63, 3.8) is 0 Å². The molecule has 3 rings (SSSR count). The summed E-state index contributed by atoms with van der Waals surface area (Å²) in [5.41, 5.74) is 2.61. The van der Waals surface area contributed by atoms with Crippen molar-refractivity contribution in [2.45, 2.75) is 12.8 Å². The van der Waals surface area contributed by atoms with E-state index in [4.69, 9.17) is 0 Å². The van der Waals surface area contributed by atoms with Gasteiger partial charge in [0, 0.05) is 24.8 Å². The first-order valence-corrected chi connectivity index (χ1v) is 8.35. The Bertz CT molecular complexity index is 893. The van der Waals surface area contributed by atoms with Crippen molar-refractivity contribution in [1.29, 1.82) is 0 Å². The number of carbonyl (C=O) groups is 1. The van der Waals surface area contributed by atoms with Gasteiger partial charge >= 0.3 is 0 Å². The maximum atomic E-state index is 13.7. The van der Waals surface area contributed by atoms with Crippen LogP contribution in [0.4, 0.5) is 8.78 Å². The average Bonchev–Trinajstić information content (AvgIpc) is 3.12. The molecule has 0 saturated carbocycles. The fourth-order valence-electron chi connectivity index (χ4n) is 2.72. The maximum absolute atomic E-state index is 13.7. The Labute approximate surface area is 150 Å². The van der Waals surface area contributed by atoms with Gasteiger partial charge in [0.2, 0.25) is 0 Å². The lowest BCUT2D eigenvalue weighted by Crippen LogP contribution is -2.29. The Morgan fingerprint density at radius 1 is 1.12 bits per heavy atom. The third kappa shape index (κ3) is 4.14. The predicted octanol–water partition coefficient (Wildman–Crippen LogP) is 4.06. The van der Waals surface area contributed by atoms with Crippen LogP contribution in [0.1, 0.15) is 22.5 Å². The van der Waals surface area contributed by atoms with E-state index in [0.717, 1.165) is 35.2 Å². The molecule has 0 aliphatic carbocycles. The molecular formula is C20H19F2N3O. The summed E-state index contributed by atoms with van der Waals surface area (Å²) in [6, 6.07) is 14.7. The lowest BCUT2D eigenvalue weighted by molar-refractivity contribution is 0.0788. The highest BCUT2D eigenvalue weighted by Crippen LogP contribution is 2.18. The van der Waals surface area contributed by atoms with Crippen LogP contribution < -0.4 is 0 Å². The smallest absolute Gasteiger partial charge is 0.256 e. The van der Waals surface area contributed by atoms with Crippen LogP contribution in [0, 0.1) is 11.6 Å². The molecule has 0 atom stereocenters. The Kier molecular flexibility index (Phi) is 5.41. The number of hydrogen-bond acceptors (Lipinski definition) is 2. The number of carbonyl (C=O) groups excluding carboxylic acids is 1. The first-order chi connectivity index (χ1) is 12.5. The minimum absolute atomic E-state index is 0.250. The zero-order valence-corrected chi connectivity index (χ0v) is 14.4. The topological polar surface area (TPSA) is 49.0 Å². The highest BCUT2D eigenvalue weighted by atomic mass is 19.1. The fourth-order valence-corrected chi connectivity index (χ4v) is 2.72. The number of hydrogen-bond donors (Lipinski definition) is 1. The Balaban J connectivity index is 1.55. The Morgan fingerprint density at radius 2 is 1.88 bits per heavy atom. The maximum Gasteiger partial charge on any atom is 0.256 e. The third-order valence-electron chi connectivity index (χ3n) is 4.15. The molecule has 2 aromatic carbocycles. The number of benzene rings is 2. The van der Waals surface area contributed by atoms with Gasteiger partial charge in [0.1, 0.15) is 11.6 Å². The zero-order valence-electron chi connectivity index (χ0n) is 14.4. The molecule has 0 bridgehead atoms. The van der Waals surface area contributed by atoms with Crippen LogP contribution in [0.2, 0.25) is 0 Å². The second-order valence-corrected chi connectivity index (χ2v) is 6.10. The zero-order chi connectivity index (χ0) is 18.5. The van der Waals surface area contributed by atoms with Crippen molar-refractivity contribution in [3.8, 4) is 11.3 Å². The molecule has 0 fully saturated rings. The number of H-pyrrole nitrogens is 1. The number of nitrogens with zero attached hydrogens (tertiary/aromatic N) is 2. The summed E-state index contributed by atoms with van der Waals surface area (Å²) >= 11 is 0. The molecular weight excluding hydrogens is 336 g/mol. The summed E-state index contributed by atoms with van der Waals surface area (Å²) in [5, 5.41) is 7.28. The van der Waals surface area contributed by atoms with E-state index in [-0.39, 0.29) is 5.56 Å². The van der Waals surface area contributed by atoms with Gasteiger partial charge in [0.05, 0.1) is 11.3 Å². The number of halogens is 2. The normalized spacial score (nSPS) is 10.7. The van der Waals surface area contributed by atoms with Gasteiger partial charge in [-0.3, -0.25) is 9.89 Å². The molecule has 0 unspecified atom stereocenters. The molecule has 1 aromatic heterocycles. The van der Waals surface area contributed by atoms with E-state index in [0.29, 0.717) is 19.4 Å². The lowest BCUT2D eigenvalue weighted by Gasteiger charge is -2.17. The van der Waals surface area contributed by atoms with Crippen molar-refractivity contribution in [2.75, 3.05) is 13.6 Å². The molecule has 134 valence electrons. The standard InChI is InChI=1S/C20H19F2N3O/c1-25(20(26)17-12-15(21)9-10-18(17)22)11-5-8-16-13-19(24-23-16)14-6-3-2-4-7-14/h2-4,6-7,9-10,12-13H,5,8,11H2,1H3,(H,23,24). The summed E-state index contributed by atoms with van der Waals surface area (Å²) in [4.78, 5) is 13.6. The molecule has 0 saturated heterocycles. The SMILES string of the molecule is CN(CCCc1cc(-c2ccccc2)n[nH]1)C(=O)c1cc(F)ccc1F. The lowest BCUT2D eigenvalue weighted by atomic mass is 10.1. The van der Waals surface area contributed by atoms with Crippen LogP contribution in [0.5, 0.6) is 0 Å². The predicted molar refractivity (Wildman–Crippen MR) is 95.7 cm³/mol. The quantitative estimate of drug-likeness (QED) is 0.725. The number of rotatable bonds is 6. The monoisotopic (exact) mass is 355 g/mol. The molecule has 0 aliphatic rings. The van der Waals surface area contributed by atoms with Gasteiger partial charge in [0.15, 0.2) is 0 Å². The van der Waals surface area contributed by atoms with Crippen molar-refractivity contribution >= 4 is 5.91 Å². The number of aryl methyl sites for hydroxylation is 1. The molecule has 0 radical (unpaired) electrons. The molecule has 1 amide bonds. The summed E-state index contributed by atoms with van der Waals surface area (Å²) in [6.45, 7) is 0.425. The van der Waals surface area contributed by atoms with Crippen molar-refractivity contribution < 1.29 is 13.6 Å². The van der Waals surface area contributed by atoms with Crippen LogP contribution in [0.15, 0.2) is 54.6 Å². The van der Waals surface area contributed by atoms with Gasteiger partial charge in [0.25, 0.3) is 5.91 Å². The van der Waals surface area contributed by atoms with Gasteiger partial charge in [-0.2, -0.15) is 5.10 Å². The van der Waals surface area contributed by atoms with E-state index in [9.17, 15) is 13.6 Å². The molecule has 1 N–H and O–H groups in total. The summed E-state index contributed by atoms with van der Waals surface area (Å²) in [5.74, 6) is -1.88. The molecule has 6 heteroatoms. The average molecular weight is 355 g/mol. The minimum atomic E-state index is -0.718. The summed E-state index contributed by atoms with van der Waals surface area (Å²) in [6.07, 6.45) is 1.37. The van der Waals surface area contributed by atoms with Crippen LogP contribution >= 0.6 is 0 Å². The Hall–Kier alpha value is -3.02. The van der Waals surface area contributed by atoms with E-state index < -0.39 is 17.5 Å². The van der Waals surface area contributed by atoms with E-state index in [1.165, 1.54) is 4.90 Å². The fraction of sp³-hybridized carbons (Fsp3) is 0.200. The number of aromatic amines is 1. The summed E-state index contributed by atoms with van der Waals surface area (Å²) in [7, 11) is 1.58. The molecule has 4 nitrogen and oxygen atoms in total. The van der Waals surface area contributed by atoms with E-state index in [2.05, 4.69) is 10.2 Å². The second kappa shape index (κ2) is 7.91. The van der Waals surface area contributed by atoms with Gasteiger partial charge in [-0.25, -0.2) is 8.78 Å². The van der Waals surface area contributed by atoms with Gasteiger partial charge in [-0.1, -0.05) is 30.3 Å². The summed E-state index contributed by atoms with van der Waals surface area (Å²) < 4.78 is 26.9. The minimum Gasteiger partial charge on any atom is -0.342 e. The van der Waals surface area contributed by atoms with Crippen molar-refractivity contribution in [2.24, 2.45) is 0 Å². The highest BCUT2D eigenvalue weighted by Gasteiger charge is 2.17. The second-order valence-electron chi connectivity index (χ2n) is 6.10. The molecule has 3 aromatic rings. The molecule has 0 aliphatic heterocycles. The number of nitrogens with one attached hydrogen (secondary N) is 1. The molecule has 26 heavy (non-hydrogen) atoms. The van der Waals surface area contributed by atoms with Crippen LogP contribution in [0.3, 0.4) is 0 Å². The van der Waals surface area contributed by atoms with E-state index in [1.807, 2.05) is 36.4 Å². The van der Waals surface area contributed by atoms with Crippen molar-refractivity contribution in [1.82, 2.24) is 15.1 Å². The molecule has 0 spiro atoms. The van der Waals surface area contributed by atoms with Gasteiger partial charge in [-0.05, 0) is 37.1 Å². The molecule has 1 heterocycles. The number of aromatic nitrogens is 2. The van der Waals surface area contributed by atoms with Crippen LogP contribution in [0.25, 0.3) is 11.3 Å².